The Morgan fingerprint density at radius 3 is 1.64 bits per heavy atom. The van der Waals surface area contributed by atoms with Crippen LogP contribution in [0.4, 0.5) is 5.69 Å². The lowest BCUT2D eigenvalue weighted by molar-refractivity contribution is 0.181. The van der Waals surface area contributed by atoms with Gasteiger partial charge in [-0.1, -0.05) is 53.7 Å². The predicted octanol–water partition coefficient (Wildman–Crippen LogP) is 6.95. The molecule has 0 atom stereocenters. The van der Waals surface area contributed by atoms with E-state index in [1.165, 1.54) is 16.2 Å². The minimum Gasteiger partial charge on any atom is -0.496 e. The van der Waals surface area contributed by atoms with E-state index >= 15 is 0 Å². The third-order valence-corrected chi connectivity index (χ3v) is 4.97. The highest BCUT2D eigenvalue weighted by atomic mass is 16.5. The van der Waals surface area contributed by atoms with Crippen LogP contribution in [0, 0.1) is 0 Å². The van der Waals surface area contributed by atoms with Crippen molar-refractivity contribution >= 4 is 5.69 Å². The molecule has 0 saturated heterocycles. The average Bonchev–Trinajstić information content (AvgIpc) is 2.57. The molecule has 1 N–H and O–H groups in total. The minimum atomic E-state index is -0.369. The van der Waals surface area contributed by atoms with Gasteiger partial charge in [0.15, 0.2) is 0 Å². The third kappa shape index (κ3) is 4.70. The molecular formula is C25H37NO2. The fraction of sp³-hybridized carbons (Fsp3) is 0.520. The molecule has 0 bridgehead atoms. The van der Waals surface area contributed by atoms with Crippen molar-refractivity contribution in [1.82, 2.24) is 0 Å². The summed E-state index contributed by atoms with van der Waals surface area (Å²) in [6.45, 7) is 19.3. The summed E-state index contributed by atoms with van der Waals surface area (Å²) in [6.07, 6.45) is 0. The van der Waals surface area contributed by atoms with Crippen LogP contribution in [-0.4, -0.2) is 17.9 Å². The van der Waals surface area contributed by atoms with Gasteiger partial charge in [0.2, 0.25) is 0 Å². The SMILES string of the molecule is COc1c(C(C)(C)C)cc(-c2cccc(N(O)C(C)(C)C)c2)cc1C(C)(C)C. The second-order valence-electron chi connectivity index (χ2n) is 10.6. The van der Waals surface area contributed by atoms with Gasteiger partial charge in [-0.2, -0.15) is 0 Å². The lowest BCUT2D eigenvalue weighted by Gasteiger charge is -2.32. The number of ether oxygens (including phenoxy) is 1. The summed E-state index contributed by atoms with van der Waals surface area (Å²) in [7, 11) is 1.76. The Labute approximate surface area is 171 Å². The van der Waals surface area contributed by atoms with Gasteiger partial charge in [-0.3, -0.25) is 10.3 Å². The van der Waals surface area contributed by atoms with Crippen LogP contribution in [0.15, 0.2) is 36.4 Å². The summed E-state index contributed by atoms with van der Waals surface area (Å²) >= 11 is 0. The van der Waals surface area contributed by atoms with E-state index in [1.54, 1.807) is 7.11 Å². The van der Waals surface area contributed by atoms with E-state index < -0.39 is 0 Å². The zero-order chi connectivity index (χ0) is 21.5. The number of benzene rings is 2. The average molecular weight is 384 g/mol. The van der Waals surface area contributed by atoms with Crippen molar-refractivity contribution in [3.63, 3.8) is 0 Å². The predicted molar refractivity (Wildman–Crippen MR) is 120 cm³/mol. The van der Waals surface area contributed by atoms with Gasteiger partial charge in [-0.15, -0.1) is 0 Å². The van der Waals surface area contributed by atoms with Crippen LogP contribution < -0.4 is 9.80 Å². The van der Waals surface area contributed by atoms with Gasteiger partial charge < -0.3 is 4.74 Å². The molecule has 0 amide bonds. The third-order valence-electron chi connectivity index (χ3n) is 4.97. The largest absolute Gasteiger partial charge is 0.496 e. The van der Waals surface area contributed by atoms with E-state index in [2.05, 4.69) is 59.7 Å². The van der Waals surface area contributed by atoms with Gasteiger partial charge in [0, 0.05) is 11.1 Å². The van der Waals surface area contributed by atoms with Crippen LogP contribution in [0.1, 0.15) is 73.4 Å². The van der Waals surface area contributed by atoms with Crippen molar-refractivity contribution in [2.75, 3.05) is 12.2 Å². The standard InChI is InChI=1S/C25H37NO2/c1-23(2,3)20-15-18(16-21(22(20)28-10)24(4,5)6)17-12-11-13-19(14-17)26(27)25(7,8)9/h11-16,27H,1-10H3. The molecule has 154 valence electrons. The van der Waals surface area contributed by atoms with Crippen molar-refractivity contribution in [2.24, 2.45) is 0 Å². The van der Waals surface area contributed by atoms with Crippen LogP contribution in [-0.2, 0) is 10.8 Å². The fourth-order valence-electron chi connectivity index (χ4n) is 3.33. The number of hydrogen-bond acceptors (Lipinski definition) is 3. The molecule has 0 spiro atoms. The molecule has 2 aromatic carbocycles. The van der Waals surface area contributed by atoms with E-state index in [9.17, 15) is 5.21 Å². The Morgan fingerprint density at radius 1 is 0.750 bits per heavy atom. The fourth-order valence-corrected chi connectivity index (χ4v) is 3.33. The molecule has 0 aromatic heterocycles. The molecule has 3 heteroatoms. The van der Waals surface area contributed by atoms with Gasteiger partial charge >= 0.3 is 0 Å². The maximum atomic E-state index is 10.6. The maximum absolute atomic E-state index is 10.6. The summed E-state index contributed by atoms with van der Waals surface area (Å²) in [5.41, 5.74) is 4.93. The number of rotatable bonds is 3. The first-order valence-electron chi connectivity index (χ1n) is 9.99. The number of hydrogen-bond donors (Lipinski definition) is 1. The van der Waals surface area contributed by atoms with Crippen LogP contribution in [0.2, 0.25) is 0 Å². The molecule has 0 heterocycles. The molecule has 0 aliphatic carbocycles. The van der Waals surface area contributed by atoms with E-state index in [1.807, 2.05) is 39.0 Å². The Balaban J connectivity index is 2.73. The highest BCUT2D eigenvalue weighted by Gasteiger charge is 2.28. The molecule has 28 heavy (non-hydrogen) atoms. The molecule has 2 aromatic rings. The summed E-state index contributed by atoms with van der Waals surface area (Å²) in [4.78, 5) is 0. The second-order valence-corrected chi connectivity index (χ2v) is 10.6. The van der Waals surface area contributed by atoms with Crippen molar-refractivity contribution < 1.29 is 9.94 Å². The molecule has 0 radical (unpaired) electrons. The maximum Gasteiger partial charge on any atom is 0.126 e. The Morgan fingerprint density at radius 2 is 1.25 bits per heavy atom. The smallest absolute Gasteiger partial charge is 0.126 e. The number of anilines is 1. The second kappa shape index (κ2) is 7.44. The Kier molecular flexibility index (Phi) is 5.92. The lowest BCUT2D eigenvalue weighted by atomic mass is 9.77. The van der Waals surface area contributed by atoms with Crippen LogP contribution >= 0.6 is 0 Å². The van der Waals surface area contributed by atoms with Gasteiger partial charge in [0.25, 0.3) is 0 Å². The molecule has 0 aliphatic rings. The van der Waals surface area contributed by atoms with Crippen molar-refractivity contribution in [1.29, 1.82) is 0 Å². The molecule has 0 saturated carbocycles. The van der Waals surface area contributed by atoms with Gasteiger partial charge in [-0.05, 0) is 67.0 Å². The molecule has 0 aliphatic heterocycles. The summed E-state index contributed by atoms with van der Waals surface area (Å²) < 4.78 is 5.88. The zero-order valence-corrected chi connectivity index (χ0v) is 19.3. The van der Waals surface area contributed by atoms with Gasteiger partial charge in [0.1, 0.15) is 5.75 Å². The monoisotopic (exact) mass is 383 g/mol. The normalized spacial score (nSPS) is 12.8. The first kappa shape index (κ1) is 22.3. The van der Waals surface area contributed by atoms with Crippen molar-refractivity contribution in [2.45, 2.75) is 78.7 Å². The molecule has 3 nitrogen and oxygen atoms in total. The van der Waals surface area contributed by atoms with Crippen molar-refractivity contribution in [3.05, 3.63) is 47.5 Å². The number of methoxy groups -OCH3 is 1. The van der Waals surface area contributed by atoms with E-state index in [0.29, 0.717) is 0 Å². The van der Waals surface area contributed by atoms with Crippen molar-refractivity contribution in [3.8, 4) is 16.9 Å². The van der Waals surface area contributed by atoms with Crippen LogP contribution in [0.3, 0.4) is 0 Å². The number of hydroxylamine groups is 1. The highest BCUT2D eigenvalue weighted by molar-refractivity contribution is 5.72. The topological polar surface area (TPSA) is 32.7 Å². The molecule has 0 fully saturated rings. The number of nitrogens with zero attached hydrogens (tertiary/aromatic N) is 1. The first-order valence-corrected chi connectivity index (χ1v) is 9.99. The lowest BCUT2D eigenvalue weighted by Crippen LogP contribution is -2.38. The van der Waals surface area contributed by atoms with Gasteiger partial charge in [-0.25, -0.2) is 0 Å². The Hall–Kier alpha value is -2.00. The molecule has 2 rings (SSSR count). The summed E-state index contributed by atoms with van der Waals surface area (Å²) in [5, 5.41) is 11.9. The highest BCUT2D eigenvalue weighted by Crippen LogP contribution is 2.43. The summed E-state index contributed by atoms with van der Waals surface area (Å²) in [6, 6.07) is 12.5. The molecular weight excluding hydrogens is 346 g/mol. The zero-order valence-electron chi connectivity index (χ0n) is 19.3. The molecule has 0 unspecified atom stereocenters. The van der Waals surface area contributed by atoms with Gasteiger partial charge in [0.05, 0.1) is 18.3 Å². The van der Waals surface area contributed by atoms with E-state index in [4.69, 9.17) is 4.74 Å². The van der Waals surface area contributed by atoms with Crippen LogP contribution in [0.25, 0.3) is 11.1 Å². The summed E-state index contributed by atoms with van der Waals surface area (Å²) in [5.74, 6) is 0.971. The Bertz CT molecular complexity index is 798. The first-order chi connectivity index (χ1) is 12.7. The van der Waals surface area contributed by atoms with Crippen LogP contribution in [0.5, 0.6) is 5.75 Å². The van der Waals surface area contributed by atoms with E-state index in [0.717, 1.165) is 22.6 Å². The minimum absolute atomic E-state index is 0.0482. The quantitative estimate of drug-likeness (QED) is 0.582. The van der Waals surface area contributed by atoms with E-state index in [-0.39, 0.29) is 16.4 Å².